The normalized spacial score (nSPS) is 14.3. The van der Waals surface area contributed by atoms with Crippen LogP contribution in [-0.4, -0.2) is 13.0 Å². The van der Waals surface area contributed by atoms with Crippen molar-refractivity contribution in [3.63, 3.8) is 0 Å². The van der Waals surface area contributed by atoms with Crippen molar-refractivity contribution >= 4 is 45.4 Å². The lowest BCUT2D eigenvalue weighted by molar-refractivity contribution is -0.112. The lowest BCUT2D eigenvalue weighted by Crippen LogP contribution is -2.17. The number of methoxy groups -OCH3 is 1. The van der Waals surface area contributed by atoms with Crippen LogP contribution in [0.4, 0.5) is 5.69 Å². The average Bonchev–Trinajstić information content (AvgIpc) is 2.75. The lowest BCUT2D eigenvalue weighted by Gasteiger charge is -2.19. The van der Waals surface area contributed by atoms with Crippen LogP contribution in [0.25, 0.3) is 6.08 Å². The molecule has 3 aromatic rings. The largest absolute Gasteiger partial charge is 0.493 e. The molecule has 4 rings (SSSR count). The van der Waals surface area contributed by atoms with Crippen LogP contribution < -0.4 is 14.8 Å². The van der Waals surface area contributed by atoms with Gasteiger partial charge in [-0.2, -0.15) is 0 Å². The van der Waals surface area contributed by atoms with Gasteiger partial charge in [0.25, 0.3) is 5.91 Å². The molecule has 146 valence electrons. The van der Waals surface area contributed by atoms with Gasteiger partial charge < -0.3 is 14.8 Å². The van der Waals surface area contributed by atoms with E-state index in [0.29, 0.717) is 23.0 Å². The Bertz CT molecular complexity index is 1080. The average molecular weight is 468 g/mol. The van der Waals surface area contributed by atoms with Crippen LogP contribution in [0.1, 0.15) is 11.1 Å². The maximum absolute atomic E-state index is 12.5. The van der Waals surface area contributed by atoms with Gasteiger partial charge in [-0.3, -0.25) is 4.79 Å². The van der Waals surface area contributed by atoms with Crippen molar-refractivity contribution in [1.82, 2.24) is 0 Å². The predicted octanol–water partition coefficient (Wildman–Crippen LogP) is 6.12. The molecule has 0 saturated heterocycles. The third-order valence-corrected chi connectivity index (χ3v) is 6.17. The molecule has 4 nitrogen and oxygen atoms in total. The summed E-state index contributed by atoms with van der Waals surface area (Å²) in [4.78, 5) is 14.1. The summed E-state index contributed by atoms with van der Waals surface area (Å²) in [6.07, 6.45) is 1.85. The number of rotatable bonds is 5. The summed E-state index contributed by atoms with van der Waals surface area (Å²) in [6, 6.07) is 21.4. The monoisotopic (exact) mass is 467 g/mol. The molecule has 6 heteroatoms. The molecule has 0 atom stereocenters. The van der Waals surface area contributed by atoms with E-state index in [1.165, 1.54) is 11.8 Å². The van der Waals surface area contributed by atoms with Gasteiger partial charge in [-0.05, 0) is 41.5 Å². The molecule has 1 N–H and O–H groups in total. The Labute approximate surface area is 182 Å². The number of benzene rings is 3. The van der Waals surface area contributed by atoms with Crippen molar-refractivity contribution in [2.45, 2.75) is 11.5 Å². The van der Waals surface area contributed by atoms with Gasteiger partial charge in [0.1, 0.15) is 6.61 Å². The van der Waals surface area contributed by atoms with E-state index >= 15 is 0 Å². The number of anilines is 1. The summed E-state index contributed by atoms with van der Waals surface area (Å²) in [6.45, 7) is 0.444. The molecule has 0 spiro atoms. The zero-order valence-corrected chi connectivity index (χ0v) is 18.0. The number of carbonyl (C=O) groups excluding carboxylic acids is 1. The van der Waals surface area contributed by atoms with Crippen LogP contribution in [-0.2, 0) is 11.4 Å². The van der Waals surface area contributed by atoms with Crippen LogP contribution in [0.2, 0.25) is 0 Å². The van der Waals surface area contributed by atoms with Crippen LogP contribution >= 0.6 is 27.7 Å². The van der Waals surface area contributed by atoms with Crippen molar-refractivity contribution in [2.75, 3.05) is 12.4 Å². The standard InChI is InChI=1S/C23H18BrNO3S/c1-27-19-11-16(12-22-23(26)25-18-9-5-6-10-21(18)29-22)17(24)13-20(19)28-14-15-7-3-2-4-8-15/h2-13H,14H2,1H3,(H,25,26)/b22-12-. The number of ether oxygens (including phenoxy) is 2. The Balaban J connectivity index is 1.60. The topological polar surface area (TPSA) is 47.6 Å². The molecule has 0 aliphatic carbocycles. The van der Waals surface area contributed by atoms with Crippen molar-refractivity contribution in [2.24, 2.45) is 0 Å². The number of halogens is 1. The molecule has 29 heavy (non-hydrogen) atoms. The summed E-state index contributed by atoms with van der Waals surface area (Å²) >= 11 is 5.04. The van der Waals surface area contributed by atoms with E-state index in [0.717, 1.165) is 26.2 Å². The quantitative estimate of drug-likeness (QED) is 0.459. The van der Waals surface area contributed by atoms with Gasteiger partial charge in [-0.15, -0.1) is 0 Å². The van der Waals surface area contributed by atoms with Gasteiger partial charge in [-0.25, -0.2) is 0 Å². The van der Waals surface area contributed by atoms with E-state index in [4.69, 9.17) is 9.47 Å². The van der Waals surface area contributed by atoms with Crippen molar-refractivity contribution in [1.29, 1.82) is 0 Å². The second-order valence-electron chi connectivity index (χ2n) is 6.36. The Morgan fingerprint density at radius 1 is 1.03 bits per heavy atom. The molecule has 1 aliphatic rings. The Kier molecular flexibility index (Phi) is 5.92. The number of carbonyl (C=O) groups is 1. The fraction of sp³-hybridized carbons (Fsp3) is 0.0870. The number of para-hydroxylation sites is 1. The first-order valence-electron chi connectivity index (χ1n) is 8.98. The molecule has 0 radical (unpaired) electrons. The van der Waals surface area contributed by atoms with Gasteiger partial charge in [0.2, 0.25) is 0 Å². The zero-order valence-electron chi connectivity index (χ0n) is 15.6. The molecule has 1 aliphatic heterocycles. The van der Waals surface area contributed by atoms with E-state index in [-0.39, 0.29) is 5.91 Å². The Morgan fingerprint density at radius 3 is 2.59 bits per heavy atom. The van der Waals surface area contributed by atoms with Crippen molar-refractivity contribution in [3.05, 3.63) is 87.2 Å². The summed E-state index contributed by atoms with van der Waals surface area (Å²) in [7, 11) is 1.61. The molecule has 3 aromatic carbocycles. The second kappa shape index (κ2) is 8.76. The highest BCUT2D eigenvalue weighted by atomic mass is 79.9. The number of amides is 1. The fourth-order valence-corrected chi connectivity index (χ4v) is 4.29. The minimum absolute atomic E-state index is 0.121. The number of hydrogen-bond donors (Lipinski definition) is 1. The van der Waals surface area contributed by atoms with E-state index < -0.39 is 0 Å². The summed E-state index contributed by atoms with van der Waals surface area (Å²) < 4.78 is 12.3. The van der Waals surface area contributed by atoms with Crippen molar-refractivity contribution in [3.8, 4) is 11.5 Å². The number of fused-ring (bicyclic) bond motifs is 1. The first-order valence-corrected chi connectivity index (χ1v) is 10.6. The highest BCUT2D eigenvalue weighted by molar-refractivity contribution is 9.10. The Morgan fingerprint density at radius 2 is 1.79 bits per heavy atom. The molecule has 1 amide bonds. The van der Waals surface area contributed by atoms with Gasteiger partial charge >= 0.3 is 0 Å². The third-order valence-electron chi connectivity index (χ3n) is 4.39. The molecular formula is C23H18BrNO3S. The Hall–Kier alpha value is -2.70. The molecule has 0 fully saturated rings. The summed E-state index contributed by atoms with van der Waals surface area (Å²) in [5, 5.41) is 2.93. The van der Waals surface area contributed by atoms with Crippen LogP contribution in [0.3, 0.4) is 0 Å². The third kappa shape index (κ3) is 4.49. The van der Waals surface area contributed by atoms with Gasteiger partial charge in [0.15, 0.2) is 11.5 Å². The van der Waals surface area contributed by atoms with Gasteiger partial charge in [0, 0.05) is 9.37 Å². The molecular weight excluding hydrogens is 450 g/mol. The van der Waals surface area contributed by atoms with E-state index in [9.17, 15) is 4.79 Å². The second-order valence-corrected chi connectivity index (χ2v) is 8.30. The summed E-state index contributed by atoms with van der Waals surface area (Å²) in [5.41, 5.74) is 2.75. The van der Waals surface area contributed by atoms with Gasteiger partial charge in [-0.1, -0.05) is 70.2 Å². The highest BCUT2D eigenvalue weighted by Crippen LogP contribution is 2.41. The molecule has 0 unspecified atom stereocenters. The number of hydrogen-bond acceptors (Lipinski definition) is 4. The first kappa shape index (κ1) is 19.6. The zero-order chi connectivity index (χ0) is 20.2. The van der Waals surface area contributed by atoms with Crippen LogP contribution in [0, 0.1) is 0 Å². The summed E-state index contributed by atoms with van der Waals surface area (Å²) in [5.74, 6) is 1.12. The van der Waals surface area contributed by atoms with Crippen LogP contribution in [0.5, 0.6) is 11.5 Å². The molecule has 0 aromatic heterocycles. The minimum atomic E-state index is -0.121. The lowest BCUT2D eigenvalue weighted by atomic mass is 10.1. The fourth-order valence-electron chi connectivity index (χ4n) is 2.91. The van der Waals surface area contributed by atoms with E-state index in [2.05, 4.69) is 21.2 Å². The first-order chi connectivity index (χ1) is 14.1. The number of nitrogens with one attached hydrogen (secondary N) is 1. The van der Waals surface area contributed by atoms with Crippen LogP contribution in [0.15, 0.2) is 81.0 Å². The van der Waals surface area contributed by atoms with Crippen molar-refractivity contribution < 1.29 is 14.3 Å². The highest BCUT2D eigenvalue weighted by Gasteiger charge is 2.21. The van der Waals surface area contributed by atoms with E-state index in [1.54, 1.807) is 7.11 Å². The molecule has 0 saturated carbocycles. The number of thioether (sulfide) groups is 1. The molecule has 0 bridgehead atoms. The van der Waals surface area contributed by atoms with Gasteiger partial charge in [0.05, 0.1) is 17.7 Å². The predicted molar refractivity (Wildman–Crippen MR) is 120 cm³/mol. The maximum atomic E-state index is 12.5. The van der Waals surface area contributed by atoms with E-state index in [1.807, 2.05) is 72.8 Å². The smallest absolute Gasteiger partial charge is 0.262 e. The maximum Gasteiger partial charge on any atom is 0.262 e. The molecule has 1 heterocycles. The SMILES string of the molecule is COc1cc(/C=C2\Sc3ccccc3NC2=O)c(Br)cc1OCc1ccccc1. The minimum Gasteiger partial charge on any atom is -0.493 e.